The van der Waals surface area contributed by atoms with Gasteiger partial charge in [-0.3, -0.25) is 0 Å². The molecule has 1 aromatic carbocycles. The summed E-state index contributed by atoms with van der Waals surface area (Å²) in [6.07, 6.45) is 3.96. The first-order chi connectivity index (χ1) is 10.1. The van der Waals surface area contributed by atoms with Gasteiger partial charge in [-0.15, -0.1) is 0 Å². The van der Waals surface area contributed by atoms with Crippen molar-refractivity contribution in [2.24, 2.45) is 0 Å². The van der Waals surface area contributed by atoms with E-state index in [2.05, 4.69) is 10.2 Å². The predicted molar refractivity (Wildman–Crippen MR) is 85.2 cm³/mol. The Balaban J connectivity index is 1.97. The van der Waals surface area contributed by atoms with Gasteiger partial charge in [-0.25, -0.2) is 4.39 Å². The molecule has 0 spiro atoms. The minimum atomic E-state index is -0.303. The summed E-state index contributed by atoms with van der Waals surface area (Å²) in [5.41, 5.74) is 1.69. The first kappa shape index (κ1) is 16.2. The van der Waals surface area contributed by atoms with E-state index in [9.17, 15) is 9.50 Å². The van der Waals surface area contributed by atoms with E-state index < -0.39 is 0 Å². The van der Waals surface area contributed by atoms with Crippen LogP contribution in [0.5, 0.6) is 0 Å². The van der Waals surface area contributed by atoms with Crippen molar-refractivity contribution in [3.63, 3.8) is 0 Å². The van der Waals surface area contributed by atoms with Crippen LogP contribution >= 0.6 is 0 Å². The van der Waals surface area contributed by atoms with E-state index >= 15 is 0 Å². The third-order valence-electron chi connectivity index (χ3n) is 4.18. The molecule has 2 unspecified atom stereocenters. The van der Waals surface area contributed by atoms with Crippen molar-refractivity contribution in [1.29, 1.82) is 0 Å². The van der Waals surface area contributed by atoms with E-state index in [1.54, 1.807) is 13.0 Å². The lowest BCUT2D eigenvalue weighted by molar-refractivity contribution is 0.182. The van der Waals surface area contributed by atoms with Crippen LogP contribution in [0, 0.1) is 5.82 Å². The van der Waals surface area contributed by atoms with Gasteiger partial charge in [0.05, 0.1) is 11.8 Å². The Morgan fingerprint density at radius 2 is 1.95 bits per heavy atom. The van der Waals surface area contributed by atoms with Crippen LogP contribution in [0.2, 0.25) is 0 Å². The second-order valence-electron chi connectivity index (χ2n) is 6.07. The fraction of sp³-hybridized carbons (Fsp3) is 0.647. The second-order valence-corrected chi connectivity index (χ2v) is 6.07. The minimum absolute atomic E-state index is 0.0913. The van der Waals surface area contributed by atoms with Crippen molar-refractivity contribution < 1.29 is 9.50 Å². The average Bonchev–Trinajstić information content (AvgIpc) is 2.47. The molecule has 0 bridgehead atoms. The number of piperidine rings is 1. The molecule has 0 aliphatic carbocycles. The maximum Gasteiger partial charge on any atom is 0.146 e. The van der Waals surface area contributed by atoms with Gasteiger partial charge >= 0.3 is 0 Å². The maximum atomic E-state index is 14.3. The number of halogens is 1. The van der Waals surface area contributed by atoms with Gasteiger partial charge in [0.15, 0.2) is 0 Å². The lowest BCUT2D eigenvalue weighted by atomic mass is 10.1. The molecule has 1 aliphatic rings. The molecule has 0 radical (unpaired) electrons. The van der Waals surface area contributed by atoms with Crippen LogP contribution in [0.15, 0.2) is 18.2 Å². The molecule has 1 aliphatic heterocycles. The highest BCUT2D eigenvalue weighted by Gasteiger charge is 2.16. The van der Waals surface area contributed by atoms with E-state index in [1.807, 2.05) is 19.1 Å². The van der Waals surface area contributed by atoms with Gasteiger partial charge in [-0.05, 0) is 63.8 Å². The van der Waals surface area contributed by atoms with E-state index in [1.165, 1.54) is 6.42 Å². The fourth-order valence-corrected chi connectivity index (χ4v) is 2.81. The first-order valence-electron chi connectivity index (χ1n) is 8.04. The summed E-state index contributed by atoms with van der Waals surface area (Å²) in [4.78, 5) is 2.15. The molecule has 118 valence electrons. The van der Waals surface area contributed by atoms with Crippen molar-refractivity contribution in [3.8, 4) is 0 Å². The van der Waals surface area contributed by atoms with Gasteiger partial charge in [0.2, 0.25) is 0 Å². The molecule has 3 nitrogen and oxygen atoms in total. The molecule has 0 amide bonds. The number of hydrogen-bond acceptors (Lipinski definition) is 3. The average molecular weight is 294 g/mol. The Labute approximate surface area is 127 Å². The van der Waals surface area contributed by atoms with Gasteiger partial charge in [-0.2, -0.15) is 0 Å². The summed E-state index contributed by atoms with van der Waals surface area (Å²) in [5, 5.41) is 12.6. The van der Waals surface area contributed by atoms with Crippen LogP contribution in [-0.2, 0) is 0 Å². The number of nitrogens with one attached hydrogen (secondary N) is 1. The standard InChI is InChI=1S/C17H27FN2O/c1-13(21)8-9-19-14(2)15-6-7-17(16(18)12-15)20-10-4-3-5-11-20/h6-7,12-14,19,21H,3-5,8-11H2,1-2H3. The number of aliphatic hydroxyl groups excluding tert-OH is 1. The highest BCUT2D eigenvalue weighted by Crippen LogP contribution is 2.26. The molecule has 0 aromatic heterocycles. The van der Waals surface area contributed by atoms with Crippen LogP contribution in [0.4, 0.5) is 10.1 Å². The Hall–Kier alpha value is -1.13. The zero-order chi connectivity index (χ0) is 15.2. The molecule has 21 heavy (non-hydrogen) atoms. The maximum absolute atomic E-state index is 14.3. The summed E-state index contributed by atoms with van der Waals surface area (Å²) in [6.45, 7) is 6.45. The quantitative estimate of drug-likeness (QED) is 0.845. The lowest BCUT2D eigenvalue weighted by Gasteiger charge is -2.29. The largest absolute Gasteiger partial charge is 0.393 e. The van der Waals surface area contributed by atoms with Gasteiger partial charge in [0, 0.05) is 19.1 Å². The molecule has 4 heteroatoms. The normalized spacial score (nSPS) is 18.6. The topological polar surface area (TPSA) is 35.5 Å². The summed E-state index contributed by atoms with van der Waals surface area (Å²) in [6, 6.07) is 5.65. The number of aliphatic hydroxyl groups is 1. The molecule has 1 saturated heterocycles. The minimum Gasteiger partial charge on any atom is -0.393 e. The third-order valence-corrected chi connectivity index (χ3v) is 4.18. The van der Waals surface area contributed by atoms with Crippen LogP contribution < -0.4 is 10.2 Å². The number of rotatable bonds is 6. The zero-order valence-corrected chi connectivity index (χ0v) is 13.1. The highest BCUT2D eigenvalue weighted by molar-refractivity contribution is 5.49. The Bertz CT molecular complexity index is 444. The summed E-state index contributed by atoms with van der Waals surface area (Å²) in [5.74, 6) is -0.126. The number of hydrogen-bond donors (Lipinski definition) is 2. The van der Waals surface area contributed by atoms with Crippen LogP contribution in [0.1, 0.15) is 51.1 Å². The Morgan fingerprint density at radius 1 is 1.24 bits per heavy atom. The lowest BCUT2D eigenvalue weighted by Crippen LogP contribution is -2.30. The van der Waals surface area contributed by atoms with E-state index in [4.69, 9.17) is 0 Å². The SMILES string of the molecule is CC(O)CCNC(C)c1ccc(N2CCCCC2)c(F)c1. The molecule has 2 N–H and O–H groups in total. The molecule has 0 saturated carbocycles. The van der Waals surface area contributed by atoms with Crippen molar-refractivity contribution in [3.05, 3.63) is 29.6 Å². The smallest absolute Gasteiger partial charge is 0.146 e. The predicted octanol–water partition coefficient (Wildman–Crippen LogP) is 3.24. The first-order valence-corrected chi connectivity index (χ1v) is 8.04. The van der Waals surface area contributed by atoms with Crippen LogP contribution in [-0.4, -0.2) is 30.8 Å². The van der Waals surface area contributed by atoms with Gasteiger partial charge in [-0.1, -0.05) is 6.07 Å². The molecule has 1 fully saturated rings. The van der Waals surface area contributed by atoms with Crippen molar-refractivity contribution in [2.75, 3.05) is 24.5 Å². The van der Waals surface area contributed by atoms with Crippen LogP contribution in [0.25, 0.3) is 0 Å². The van der Waals surface area contributed by atoms with Crippen LogP contribution in [0.3, 0.4) is 0 Å². The Morgan fingerprint density at radius 3 is 2.57 bits per heavy atom. The molecular weight excluding hydrogens is 267 g/mol. The summed E-state index contributed by atoms with van der Waals surface area (Å²) < 4.78 is 14.3. The van der Waals surface area contributed by atoms with Gasteiger partial charge in [0.1, 0.15) is 5.82 Å². The number of anilines is 1. The van der Waals surface area contributed by atoms with Gasteiger partial charge in [0.25, 0.3) is 0 Å². The van der Waals surface area contributed by atoms with Crippen molar-refractivity contribution in [1.82, 2.24) is 5.32 Å². The second kappa shape index (κ2) is 7.76. The molecule has 2 rings (SSSR count). The summed E-state index contributed by atoms with van der Waals surface area (Å²) in [7, 11) is 0. The third kappa shape index (κ3) is 4.68. The molecule has 2 atom stereocenters. The highest BCUT2D eigenvalue weighted by atomic mass is 19.1. The molecule has 1 heterocycles. The molecule has 1 aromatic rings. The van der Waals surface area contributed by atoms with E-state index in [0.717, 1.165) is 43.7 Å². The number of nitrogens with zero attached hydrogens (tertiary/aromatic N) is 1. The van der Waals surface area contributed by atoms with E-state index in [-0.39, 0.29) is 18.0 Å². The fourth-order valence-electron chi connectivity index (χ4n) is 2.81. The summed E-state index contributed by atoms with van der Waals surface area (Å²) >= 11 is 0. The Kier molecular flexibility index (Phi) is 6.00. The van der Waals surface area contributed by atoms with Gasteiger partial charge < -0.3 is 15.3 Å². The van der Waals surface area contributed by atoms with Crippen molar-refractivity contribution >= 4 is 5.69 Å². The number of benzene rings is 1. The monoisotopic (exact) mass is 294 g/mol. The zero-order valence-electron chi connectivity index (χ0n) is 13.1. The molecular formula is C17H27FN2O. The van der Waals surface area contributed by atoms with E-state index in [0.29, 0.717) is 6.42 Å². The van der Waals surface area contributed by atoms with Crippen molar-refractivity contribution in [2.45, 2.75) is 51.7 Å².